The number of rotatable bonds is 5. The number of hydrogen-bond donors (Lipinski definition) is 1. The van der Waals surface area contributed by atoms with Crippen molar-refractivity contribution in [3.63, 3.8) is 0 Å². The van der Waals surface area contributed by atoms with Crippen molar-refractivity contribution in [2.45, 2.75) is 4.90 Å². The van der Waals surface area contributed by atoms with E-state index < -0.39 is 16.0 Å². The van der Waals surface area contributed by atoms with Gasteiger partial charge in [-0.2, -0.15) is 0 Å². The van der Waals surface area contributed by atoms with E-state index in [4.69, 9.17) is 9.84 Å². The van der Waals surface area contributed by atoms with Crippen molar-refractivity contribution in [3.05, 3.63) is 29.8 Å². The van der Waals surface area contributed by atoms with E-state index in [0.717, 1.165) is 10.4 Å². The topological polar surface area (TPSA) is 83.9 Å². The van der Waals surface area contributed by atoms with Crippen LogP contribution in [-0.2, 0) is 14.8 Å². The third kappa shape index (κ3) is 3.55. The van der Waals surface area contributed by atoms with Crippen LogP contribution in [-0.4, -0.2) is 45.0 Å². The Labute approximate surface area is 112 Å². The van der Waals surface area contributed by atoms with E-state index in [2.05, 4.69) is 0 Å². The van der Waals surface area contributed by atoms with Crippen LogP contribution in [0.3, 0.4) is 0 Å². The van der Waals surface area contributed by atoms with Gasteiger partial charge in [0.2, 0.25) is 10.0 Å². The lowest BCUT2D eigenvalue weighted by Crippen LogP contribution is -2.22. The number of ether oxygens (including phenoxy) is 1. The lowest BCUT2D eigenvalue weighted by Gasteiger charge is -2.13. The van der Waals surface area contributed by atoms with Gasteiger partial charge in [0.05, 0.1) is 12.0 Å². The van der Waals surface area contributed by atoms with Crippen molar-refractivity contribution < 1.29 is 23.1 Å². The van der Waals surface area contributed by atoms with Gasteiger partial charge in [-0.05, 0) is 24.3 Å². The summed E-state index contributed by atoms with van der Waals surface area (Å²) in [6.45, 7) is 0. The minimum Gasteiger partial charge on any atom is -0.496 e. The molecule has 7 heteroatoms. The van der Waals surface area contributed by atoms with E-state index in [1.54, 1.807) is 0 Å². The molecule has 0 spiro atoms. The van der Waals surface area contributed by atoms with E-state index in [0.29, 0.717) is 11.3 Å². The molecule has 0 aliphatic carbocycles. The van der Waals surface area contributed by atoms with Gasteiger partial charge in [0.15, 0.2) is 0 Å². The zero-order chi connectivity index (χ0) is 14.6. The number of sulfonamides is 1. The van der Waals surface area contributed by atoms with Crippen LogP contribution in [0, 0.1) is 0 Å². The van der Waals surface area contributed by atoms with Crippen LogP contribution in [0.15, 0.2) is 29.2 Å². The number of carboxylic acid groups (broad SMARTS) is 1. The molecule has 0 bridgehead atoms. The molecule has 1 aromatic carbocycles. The number of benzene rings is 1. The van der Waals surface area contributed by atoms with Crippen LogP contribution in [0.5, 0.6) is 5.75 Å². The summed E-state index contributed by atoms with van der Waals surface area (Å²) < 4.78 is 30.1. The number of carbonyl (C=O) groups is 1. The van der Waals surface area contributed by atoms with Gasteiger partial charge in [-0.1, -0.05) is 0 Å². The second-order valence-electron chi connectivity index (χ2n) is 3.86. The Morgan fingerprint density at radius 1 is 1.37 bits per heavy atom. The molecule has 0 unspecified atom stereocenters. The molecule has 0 aromatic heterocycles. The van der Waals surface area contributed by atoms with Crippen molar-refractivity contribution in [2.75, 3.05) is 21.2 Å². The van der Waals surface area contributed by atoms with E-state index in [1.807, 2.05) is 0 Å². The Balaban J connectivity index is 3.34. The van der Waals surface area contributed by atoms with Gasteiger partial charge in [-0.25, -0.2) is 17.5 Å². The Bertz CT molecular complexity index is 605. The molecule has 0 amide bonds. The molecule has 19 heavy (non-hydrogen) atoms. The normalized spacial score (nSPS) is 12.0. The molecule has 0 aliphatic heterocycles. The van der Waals surface area contributed by atoms with Gasteiger partial charge in [0, 0.05) is 25.7 Å². The van der Waals surface area contributed by atoms with E-state index in [1.165, 1.54) is 45.5 Å². The lowest BCUT2D eigenvalue weighted by molar-refractivity contribution is -0.131. The van der Waals surface area contributed by atoms with Crippen molar-refractivity contribution in [2.24, 2.45) is 0 Å². The predicted octanol–water partition coefficient (Wildman–Crippen LogP) is 1.04. The zero-order valence-electron chi connectivity index (χ0n) is 10.8. The Hall–Kier alpha value is -1.86. The van der Waals surface area contributed by atoms with Crippen LogP contribution in [0.25, 0.3) is 6.08 Å². The van der Waals surface area contributed by atoms with Gasteiger partial charge in [-0.15, -0.1) is 0 Å². The molecular formula is C12H15NO5S. The summed E-state index contributed by atoms with van der Waals surface area (Å²) in [5, 5.41) is 8.60. The highest BCUT2D eigenvalue weighted by atomic mass is 32.2. The third-order valence-corrected chi connectivity index (χ3v) is 4.20. The van der Waals surface area contributed by atoms with Crippen molar-refractivity contribution >= 4 is 22.1 Å². The molecule has 0 atom stereocenters. The fourth-order valence-corrected chi connectivity index (χ4v) is 2.31. The van der Waals surface area contributed by atoms with E-state index >= 15 is 0 Å². The predicted molar refractivity (Wildman–Crippen MR) is 70.5 cm³/mol. The van der Waals surface area contributed by atoms with E-state index in [-0.39, 0.29) is 4.90 Å². The molecule has 0 heterocycles. The molecule has 0 saturated heterocycles. The maximum Gasteiger partial charge on any atom is 0.328 e. The zero-order valence-corrected chi connectivity index (χ0v) is 11.6. The molecular weight excluding hydrogens is 270 g/mol. The first-order chi connectivity index (χ1) is 8.78. The van der Waals surface area contributed by atoms with Gasteiger partial charge >= 0.3 is 5.97 Å². The summed E-state index contributed by atoms with van der Waals surface area (Å²) in [6, 6.07) is 4.26. The van der Waals surface area contributed by atoms with Crippen LogP contribution in [0.4, 0.5) is 0 Å². The smallest absolute Gasteiger partial charge is 0.328 e. The minimum atomic E-state index is -3.57. The second kappa shape index (κ2) is 5.85. The monoisotopic (exact) mass is 285 g/mol. The Morgan fingerprint density at radius 2 is 2.00 bits per heavy atom. The second-order valence-corrected chi connectivity index (χ2v) is 6.01. The van der Waals surface area contributed by atoms with Gasteiger partial charge in [0.25, 0.3) is 0 Å². The molecule has 0 radical (unpaired) electrons. The molecule has 1 aromatic rings. The van der Waals surface area contributed by atoms with E-state index in [9.17, 15) is 13.2 Å². The summed E-state index contributed by atoms with van der Waals surface area (Å²) >= 11 is 0. The van der Waals surface area contributed by atoms with Crippen molar-refractivity contribution in [1.82, 2.24) is 4.31 Å². The maximum absolute atomic E-state index is 12.0. The fraction of sp³-hybridized carbons (Fsp3) is 0.250. The molecule has 0 aliphatic rings. The molecule has 1 N–H and O–H groups in total. The molecule has 0 saturated carbocycles. The average Bonchev–Trinajstić information content (AvgIpc) is 2.35. The molecule has 6 nitrogen and oxygen atoms in total. The summed E-state index contributed by atoms with van der Waals surface area (Å²) in [4.78, 5) is 10.6. The third-order valence-electron chi connectivity index (χ3n) is 2.39. The van der Waals surface area contributed by atoms with Gasteiger partial charge in [0.1, 0.15) is 5.75 Å². The highest BCUT2D eigenvalue weighted by molar-refractivity contribution is 7.89. The summed E-state index contributed by atoms with van der Waals surface area (Å²) in [5.41, 5.74) is 0.382. The summed E-state index contributed by atoms with van der Waals surface area (Å²) in [5.74, 6) is -0.724. The van der Waals surface area contributed by atoms with Crippen LogP contribution in [0.2, 0.25) is 0 Å². The van der Waals surface area contributed by atoms with Gasteiger partial charge < -0.3 is 9.84 Å². The average molecular weight is 285 g/mol. The van der Waals surface area contributed by atoms with Crippen molar-refractivity contribution in [3.8, 4) is 5.75 Å². The SMILES string of the molecule is COc1ccc(S(=O)(=O)N(C)C)cc1/C=C/C(=O)O. The number of aliphatic carboxylic acids is 1. The highest BCUT2D eigenvalue weighted by Crippen LogP contribution is 2.24. The maximum atomic E-state index is 12.0. The quantitative estimate of drug-likeness (QED) is 0.817. The van der Waals surface area contributed by atoms with Crippen LogP contribution < -0.4 is 4.74 Å². The lowest BCUT2D eigenvalue weighted by atomic mass is 10.2. The van der Waals surface area contributed by atoms with Crippen LogP contribution >= 0.6 is 0 Å². The number of hydrogen-bond acceptors (Lipinski definition) is 4. The molecule has 104 valence electrons. The first kappa shape index (κ1) is 15.2. The number of carboxylic acids is 1. The molecule has 0 fully saturated rings. The minimum absolute atomic E-state index is 0.0725. The number of methoxy groups -OCH3 is 1. The molecule has 1 rings (SSSR count). The first-order valence-corrected chi connectivity index (χ1v) is 6.74. The summed E-state index contributed by atoms with van der Waals surface area (Å²) in [6.07, 6.45) is 2.21. The Morgan fingerprint density at radius 3 is 2.47 bits per heavy atom. The van der Waals surface area contributed by atoms with Gasteiger partial charge in [-0.3, -0.25) is 0 Å². The largest absolute Gasteiger partial charge is 0.496 e. The Kier molecular flexibility index (Phi) is 4.68. The first-order valence-electron chi connectivity index (χ1n) is 5.30. The summed E-state index contributed by atoms with van der Waals surface area (Å²) in [7, 11) is 0.704. The fourth-order valence-electron chi connectivity index (χ4n) is 1.38. The number of nitrogens with zero attached hydrogens (tertiary/aromatic N) is 1. The van der Waals surface area contributed by atoms with Crippen molar-refractivity contribution in [1.29, 1.82) is 0 Å². The van der Waals surface area contributed by atoms with Crippen LogP contribution in [0.1, 0.15) is 5.56 Å². The highest BCUT2D eigenvalue weighted by Gasteiger charge is 2.18. The standard InChI is InChI=1S/C12H15NO5S/c1-13(2)19(16,17)10-5-6-11(18-3)9(8-10)4-7-12(14)15/h4-8H,1-3H3,(H,14,15)/b7-4+.